The van der Waals surface area contributed by atoms with E-state index in [1.54, 1.807) is 43.3 Å². The molecule has 7 nitrogen and oxygen atoms in total. The van der Waals surface area contributed by atoms with Gasteiger partial charge in [0, 0.05) is 39.1 Å². The molecule has 1 amide bonds. The van der Waals surface area contributed by atoms with Crippen LogP contribution in [-0.4, -0.2) is 70.9 Å². The summed E-state index contributed by atoms with van der Waals surface area (Å²) in [6.07, 6.45) is 1.11. The molecule has 0 unspecified atom stereocenters. The van der Waals surface area contributed by atoms with Crippen LogP contribution in [0.5, 0.6) is 5.75 Å². The SMILES string of the molecule is CNCCN(C)C(=O)C1CCN(S(=O)(=O)c2ccc(OC)cc2)CC1.Cl. The molecule has 2 rings (SSSR count). The van der Waals surface area contributed by atoms with Gasteiger partial charge in [0.15, 0.2) is 0 Å². The van der Waals surface area contributed by atoms with Crippen molar-refractivity contribution in [3.8, 4) is 5.75 Å². The molecule has 1 heterocycles. The van der Waals surface area contributed by atoms with E-state index < -0.39 is 10.0 Å². The normalized spacial score (nSPS) is 16.0. The Morgan fingerprint density at radius 2 is 1.85 bits per heavy atom. The summed E-state index contributed by atoms with van der Waals surface area (Å²) in [5.74, 6) is 0.605. The first-order valence-electron chi connectivity index (χ1n) is 8.44. The summed E-state index contributed by atoms with van der Waals surface area (Å²) in [6, 6.07) is 6.38. The third-order valence-electron chi connectivity index (χ3n) is 4.57. The Balaban J connectivity index is 0.00000338. The summed E-state index contributed by atoms with van der Waals surface area (Å²) < 4.78 is 32.0. The van der Waals surface area contributed by atoms with Crippen LogP contribution < -0.4 is 10.1 Å². The molecule has 0 radical (unpaired) electrons. The molecule has 148 valence electrons. The number of hydrogen-bond donors (Lipinski definition) is 1. The van der Waals surface area contributed by atoms with E-state index in [1.807, 2.05) is 7.05 Å². The summed E-state index contributed by atoms with van der Waals surface area (Å²) >= 11 is 0. The maximum Gasteiger partial charge on any atom is 0.243 e. The van der Waals surface area contributed by atoms with E-state index in [0.717, 1.165) is 6.54 Å². The van der Waals surface area contributed by atoms with Crippen molar-refractivity contribution in [2.75, 3.05) is 47.4 Å². The minimum absolute atomic E-state index is 0. The fraction of sp³-hybridized carbons (Fsp3) is 0.588. The second-order valence-electron chi connectivity index (χ2n) is 6.22. The van der Waals surface area contributed by atoms with Crippen LogP contribution in [0.3, 0.4) is 0 Å². The molecule has 0 atom stereocenters. The van der Waals surface area contributed by atoms with Crippen molar-refractivity contribution in [2.24, 2.45) is 5.92 Å². The van der Waals surface area contributed by atoms with Gasteiger partial charge in [-0.1, -0.05) is 0 Å². The van der Waals surface area contributed by atoms with Gasteiger partial charge >= 0.3 is 0 Å². The number of methoxy groups -OCH3 is 1. The molecular formula is C17H28ClN3O4S. The fourth-order valence-electron chi connectivity index (χ4n) is 2.94. The monoisotopic (exact) mass is 405 g/mol. The second-order valence-corrected chi connectivity index (χ2v) is 8.16. The highest BCUT2D eigenvalue weighted by atomic mass is 35.5. The molecule has 1 aliphatic rings. The Hall–Kier alpha value is -1.35. The number of nitrogens with zero attached hydrogens (tertiary/aromatic N) is 2. The number of hydrogen-bond acceptors (Lipinski definition) is 5. The highest BCUT2D eigenvalue weighted by Crippen LogP contribution is 2.26. The van der Waals surface area contributed by atoms with Crippen LogP contribution in [0.1, 0.15) is 12.8 Å². The average molecular weight is 406 g/mol. The number of benzene rings is 1. The minimum atomic E-state index is -3.53. The second kappa shape index (κ2) is 10.1. The predicted molar refractivity (Wildman–Crippen MR) is 103 cm³/mol. The van der Waals surface area contributed by atoms with E-state index in [1.165, 1.54) is 4.31 Å². The molecule has 0 aliphatic carbocycles. The summed E-state index contributed by atoms with van der Waals surface area (Å²) in [5.41, 5.74) is 0. The molecule has 0 spiro atoms. The molecule has 1 aliphatic heterocycles. The molecule has 1 fully saturated rings. The lowest BCUT2D eigenvalue weighted by Gasteiger charge is -2.32. The van der Waals surface area contributed by atoms with Gasteiger partial charge in [-0.2, -0.15) is 4.31 Å². The minimum Gasteiger partial charge on any atom is -0.497 e. The van der Waals surface area contributed by atoms with Gasteiger partial charge in [0.05, 0.1) is 12.0 Å². The largest absolute Gasteiger partial charge is 0.497 e. The molecule has 1 N–H and O–H groups in total. The average Bonchev–Trinajstić information content (AvgIpc) is 2.65. The van der Waals surface area contributed by atoms with Crippen molar-refractivity contribution >= 4 is 28.3 Å². The number of sulfonamides is 1. The smallest absolute Gasteiger partial charge is 0.243 e. The summed E-state index contributed by atoms with van der Waals surface area (Å²) in [7, 11) is 1.65. The van der Waals surface area contributed by atoms with Crippen molar-refractivity contribution in [1.29, 1.82) is 0 Å². The Morgan fingerprint density at radius 3 is 2.35 bits per heavy atom. The number of piperidine rings is 1. The molecule has 1 aromatic carbocycles. The summed E-state index contributed by atoms with van der Waals surface area (Å²) in [6.45, 7) is 2.13. The first kappa shape index (κ1) is 22.7. The molecule has 1 aromatic rings. The number of carbonyl (C=O) groups excluding carboxylic acids is 1. The molecule has 1 saturated heterocycles. The van der Waals surface area contributed by atoms with Gasteiger partial charge in [0.25, 0.3) is 0 Å². The van der Waals surface area contributed by atoms with Gasteiger partial charge in [-0.3, -0.25) is 4.79 Å². The number of nitrogens with one attached hydrogen (secondary N) is 1. The van der Waals surface area contributed by atoms with Gasteiger partial charge in [0.1, 0.15) is 5.75 Å². The quantitative estimate of drug-likeness (QED) is 0.737. The molecule has 0 bridgehead atoms. The lowest BCUT2D eigenvalue weighted by Crippen LogP contribution is -2.44. The molecular weight excluding hydrogens is 378 g/mol. The third-order valence-corrected chi connectivity index (χ3v) is 6.49. The van der Waals surface area contributed by atoms with Crippen molar-refractivity contribution in [1.82, 2.24) is 14.5 Å². The highest BCUT2D eigenvalue weighted by Gasteiger charge is 2.33. The summed E-state index contributed by atoms with van der Waals surface area (Å²) in [5, 5.41) is 3.02. The number of ether oxygens (including phenoxy) is 1. The van der Waals surface area contributed by atoms with Crippen molar-refractivity contribution in [3.05, 3.63) is 24.3 Å². The lowest BCUT2D eigenvalue weighted by atomic mass is 9.97. The van der Waals surface area contributed by atoms with Crippen LogP contribution in [-0.2, 0) is 14.8 Å². The van der Waals surface area contributed by atoms with Crippen LogP contribution in [0.4, 0.5) is 0 Å². The van der Waals surface area contributed by atoms with E-state index in [9.17, 15) is 13.2 Å². The van der Waals surface area contributed by atoms with Gasteiger partial charge in [-0.05, 0) is 44.2 Å². The Labute approximate surface area is 162 Å². The maximum absolute atomic E-state index is 12.7. The fourth-order valence-corrected chi connectivity index (χ4v) is 4.41. The predicted octanol–water partition coefficient (Wildman–Crippen LogP) is 1.20. The molecule has 9 heteroatoms. The molecule has 0 aromatic heterocycles. The van der Waals surface area contributed by atoms with Crippen LogP contribution in [0.15, 0.2) is 29.2 Å². The van der Waals surface area contributed by atoms with E-state index in [2.05, 4.69) is 5.32 Å². The number of likely N-dealkylation sites (N-methyl/N-ethyl adjacent to an activating group) is 2. The first-order chi connectivity index (χ1) is 11.9. The number of carbonyl (C=O) groups is 1. The first-order valence-corrected chi connectivity index (χ1v) is 9.88. The third kappa shape index (κ3) is 5.33. The van der Waals surface area contributed by atoms with Crippen molar-refractivity contribution in [2.45, 2.75) is 17.7 Å². The van der Waals surface area contributed by atoms with E-state index in [4.69, 9.17) is 4.74 Å². The maximum atomic E-state index is 12.7. The molecule has 0 saturated carbocycles. The Bertz CT molecular complexity index is 674. The van der Waals surface area contributed by atoms with Gasteiger partial charge in [-0.25, -0.2) is 8.42 Å². The van der Waals surface area contributed by atoms with Crippen LogP contribution in [0, 0.1) is 5.92 Å². The lowest BCUT2D eigenvalue weighted by molar-refractivity contribution is -0.135. The van der Waals surface area contributed by atoms with Crippen LogP contribution in [0.25, 0.3) is 0 Å². The van der Waals surface area contributed by atoms with Gasteiger partial charge in [0.2, 0.25) is 15.9 Å². The van der Waals surface area contributed by atoms with Crippen molar-refractivity contribution < 1.29 is 17.9 Å². The number of halogens is 1. The zero-order chi connectivity index (χ0) is 18.4. The topological polar surface area (TPSA) is 79.0 Å². The standard InChI is InChI=1S/C17H27N3O4S.ClH/c1-18-10-13-19(2)17(21)14-8-11-20(12-9-14)25(22,23)16-6-4-15(24-3)5-7-16;/h4-7,14,18H,8-13H2,1-3H3;1H. The van der Waals surface area contributed by atoms with E-state index in [-0.39, 0.29) is 29.1 Å². The number of rotatable bonds is 7. The van der Waals surface area contributed by atoms with Crippen LogP contribution >= 0.6 is 12.4 Å². The number of amides is 1. The van der Waals surface area contributed by atoms with E-state index >= 15 is 0 Å². The Morgan fingerprint density at radius 1 is 1.27 bits per heavy atom. The highest BCUT2D eigenvalue weighted by molar-refractivity contribution is 7.89. The zero-order valence-electron chi connectivity index (χ0n) is 15.5. The zero-order valence-corrected chi connectivity index (χ0v) is 17.1. The molecule has 26 heavy (non-hydrogen) atoms. The summed E-state index contributed by atoms with van der Waals surface area (Å²) in [4.78, 5) is 14.4. The van der Waals surface area contributed by atoms with E-state index in [0.29, 0.717) is 38.2 Å². The Kier molecular flexibility index (Phi) is 8.82. The van der Waals surface area contributed by atoms with Crippen molar-refractivity contribution in [3.63, 3.8) is 0 Å². The van der Waals surface area contributed by atoms with Crippen LogP contribution in [0.2, 0.25) is 0 Å². The van der Waals surface area contributed by atoms with Gasteiger partial charge in [-0.15, -0.1) is 12.4 Å². The van der Waals surface area contributed by atoms with Gasteiger partial charge < -0.3 is 15.0 Å².